The van der Waals surface area contributed by atoms with Gasteiger partial charge < -0.3 is 16.0 Å². The molecule has 3 rings (SSSR count). The Labute approximate surface area is 175 Å². The van der Waals surface area contributed by atoms with Crippen molar-refractivity contribution in [2.75, 3.05) is 17.2 Å². The molecule has 148 valence electrons. The summed E-state index contributed by atoms with van der Waals surface area (Å²) >= 11 is 5.88. The van der Waals surface area contributed by atoms with Crippen LogP contribution in [-0.2, 0) is 4.79 Å². The maximum Gasteiger partial charge on any atom is 0.279 e. The largest absolute Gasteiger partial charge is 0.333 e. The second kappa shape index (κ2) is 9.87. The van der Waals surface area contributed by atoms with Crippen LogP contribution in [0.2, 0.25) is 5.02 Å². The minimum absolute atomic E-state index is 0.158. The van der Waals surface area contributed by atoms with E-state index in [1.165, 1.54) is 0 Å². The number of benzene rings is 3. The number of anilines is 2. The fourth-order valence-electron chi connectivity index (χ4n) is 2.90. The molecule has 0 saturated heterocycles. The van der Waals surface area contributed by atoms with E-state index in [9.17, 15) is 9.59 Å². The highest BCUT2D eigenvalue weighted by Crippen LogP contribution is 2.19. The van der Waals surface area contributed by atoms with E-state index in [1.54, 1.807) is 48.5 Å². The van der Waals surface area contributed by atoms with Crippen molar-refractivity contribution in [2.24, 2.45) is 0 Å². The molecule has 0 saturated carbocycles. The summed E-state index contributed by atoms with van der Waals surface area (Å²) in [4.78, 5) is 25.1. The smallest absolute Gasteiger partial charge is 0.279 e. The average Bonchev–Trinajstić information content (AvgIpc) is 2.74. The van der Waals surface area contributed by atoms with Crippen molar-refractivity contribution < 1.29 is 14.9 Å². The number of nitrogens with one attached hydrogen (secondary N) is 2. The molecule has 0 heterocycles. The van der Waals surface area contributed by atoms with Crippen molar-refractivity contribution in [1.82, 2.24) is 0 Å². The Balaban J connectivity index is 1.61. The summed E-state index contributed by atoms with van der Waals surface area (Å²) in [6.45, 7) is 2.30. The fourth-order valence-corrected chi connectivity index (χ4v) is 3.03. The molecule has 6 heteroatoms. The first-order chi connectivity index (χ1) is 14.0. The van der Waals surface area contributed by atoms with Gasteiger partial charge in [0.1, 0.15) is 6.04 Å². The van der Waals surface area contributed by atoms with Crippen LogP contribution in [0.5, 0.6) is 0 Å². The summed E-state index contributed by atoms with van der Waals surface area (Å²) in [6.07, 6.45) is 0. The molecule has 3 aromatic rings. The number of carbonyl (C=O) groups excluding carboxylic acids is 2. The molecule has 0 bridgehead atoms. The number of carbonyl (C=O) groups is 2. The van der Waals surface area contributed by atoms with E-state index in [2.05, 4.69) is 17.6 Å². The maximum atomic E-state index is 12.6. The van der Waals surface area contributed by atoms with Crippen molar-refractivity contribution in [2.45, 2.75) is 13.0 Å². The maximum absolute atomic E-state index is 12.6. The molecule has 0 aliphatic rings. The summed E-state index contributed by atoms with van der Waals surface area (Å²) in [5.41, 5.74) is 2.66. The predicted molar refractivity (Wildman–Crippen MR) is 116 cm³/mol. The van der Waals surface area contributed by atoms with Gasteiger partial charge in [-0.1, -0.05) is 54.1 Å². The predicted octanol–water partition coefficient (Wildman–Crippen LogP) is 3.86. The molecule has 0 unspecified atom stereocenters. The first-order valence-corrected chi connectivity index (χ1v) is 9.75. The molecule has 5 nitrogen and oxygen atoms in total. The number of amides is 2. The first kappa shape index (κ1) is 20.6. The Hall–Kier alpha value is -3.15. The van der Waals surface area contributed by atoms with Crippen molar-refractivity contribution in [3.63, 3.8) is 0 Å². The van der Waals surface area contributed by atoms with Gasteiger partial charge in [0.25, 0.3) is 11.8 Å². The third-order valence-electron chi connectivity index (χ3n) is 4.53. The normalized spacial score (nSPS) is 11.5. The summed E-state index contributed by atoms with van der Waals surface area (Å²) < 4.78 is 0. The Morgan fingerprint density at radius 3 is 2.28 bits per heavy atom. The number of nitrogens with two attached hydrogens (primary N) is 1. The molecule has 0 fully saturated rings. The quantitative estimate of drug-likeness (QED) is 0.555. The van der Waals surface area contributed by atoms with Crippen LogP contribution in [-0.4, -0.2) is 18.4 Å². The zero-order valence-corrected chi connectivity index (χ0v) is 16.8. The van der Waals surface area contributed by atoms with Crippen molar-refractivity contribution in [3.05, 3.63) is 95.0 Å². The minimum Gasteiger partial charge on any atom is -0.333 e. The molecule has 0 aromatic heterocycles. The van der Waals surface area contributed by atoms with Crippen LogP contribution in [0.25, 0.3) is 0 Å². The van der Waals surface area contributed by atoms with E-state index in [0.717, 1.165) is 5.56 Å². The van der Waals surface area contributed by atoms with E-state index >= 15 is 0 Å². The summed E-state index contributed by atoms with van der Waals surface area (Å²) in [7, 11) is 0. The Bertz CT molecular complexity index is 975. The highest BCUT2D eigenvalue weighted by molar-refractivity contribution is 6.30. The first-order valence-electron chi connectivity index (χ1n) is 9.37. The highest BCUT2D eigenvalue weighted by atomic mass is 35.5. The Morgan fingerprint density at radius 1 is 0.897 bits per heavy atom. The molecule has 4 N–H and O–H groups in total. The molecule has 0 aliphatic carbocycles. The van der Waals surface area contributed by atoms with E-state index in [1.807, 2.05) is 35.6 Å². The van der Waals surface area contributed by atoms with Gasteiger partial charge in [0.15, 0.2) is 6.54 Å². The second-order valence-corrected chi connectivity index (χ2v) is 7.13. The van der Waals surface area contributed by atoms with Crippen molar-refractivity contribution in [3.8, 4) is 0 Å². The number of hydrogen-bond donors (Lipinski definition) is 3. The van der Waals surface area contributed by atoms with Crippen LogP contribution in [0.4, 0.5) is 11.4 Å². The number of halogens is 1. The minimum atomic E-state index is -0.301. The molecule has 29 heavy (non-hydrogen) atoms. The van der Waals surface area contributed by atoms with Gasteiger partial charge in [-0.2, -0.15) is 0 Å². The van der Waals surface area contributed by atoms with Crippen LogP contribution in [0.3, 0.4) is 0 Å². The lowest BCUT2D eigenvalue weighted by molar-refractivity contribution is -0.682. The van der Waals surface area contributed by atoms with Gasteiger partial charge in [0, 0.05) is 16.3 Å². The Morgan fingerprint density at radius 2 is 1.55 bits per heavy atom. The molecular weight excluding hydrogens is 386 g/mol. The third kappa shape index (κ3) is 5.91. The number of quaternary nitrogens is 1. The average molecular weight is 409 g/mol. The second-order valence-electron chi connectivity index (χ2n) is 6.69. The summed E-state index contributed by atoms with van der Waals surface area (Å²) in [5, 5.41) is 8.21. The summed E-state index contributed by atoms with van der Waals surface area (Å²) in [6, 6.07) is 24.0. The van der Waals surface area contributed by atoms with Gasteiger partial charge in [-0.25, -0.2) is 0 Å². The van der Waals surface area contributed by atoms with Gasteiger partial charge in [0.2, 0.25) is 0 Å². The third-order valence-corrected chi connectivity index (χ3v) is 4.78. The topological polar surface area (TPSA) is 74.8 Å². The molecule has 3 aromatic carbocycles. The van der Waals surface area contributed by atoms with Crippen molar-refractivity contribution in [1.29, 1.82) is 0 Å². The molecule has 0 radical (unpaired) electrons. The molecule has 0 aliphatic heterocycles. The van der Waals surface area contributed by atoms with Crippen LogP contribution < -0.4 is 16.0 Å². The van der Waals surface area contributed by atoms with E-state index in [0.29, 0.717) is 22.0 Å². The van der Waals surface area contributed by atoms with Crippen molar-refractivity contribution >= 4 is 34.8 Å². The molecular formula is C23H23ClN3O2+. The SMILES string of the molecule is C[C@H]([NH2+]CC(=O)Nc1ccccc1C(=O)Nc1ccc(Cl)cc1)c1ccccc1. The molecule has 0 spiro atoms. The van der Waals surface area contributed by atoms with Gasteiger partial charge >= 0.3 is 0 Å². The van der Waals surface area contributed by atoms with Gasteiger partial charge in [-0.15, -0.1) is 0 Å². The number of hydrogen-bond acceptors (Lipinski definition) is 2. The van der Waals surface area contributed by atoms with Crippen LogP contribution >= 0.6 is 11.6 Å². The Kier molecular flexibility index (Phi) is 7.00. The lowest BCUT2D eigenvalue weighted by Gasteiger charge is -2.13. The lowest BCUT2D eigenvalue weighted by Crippen LogP contribution is -2.86. The van der Waals surface area contributed by atoms with Gasteiger partial charge in [-0.05, 0) is 43.3 Å². The van der Waals surface area contributed by atoms with E-state index < -0.39 is 0 Å². The standard InChI is InChI=1S/C23H22ClN3O2/c1-16(17-7-3-2-4-8-17)25-15-22(28)27-21-10-6-5-9-20(21)23(29)26-19-13-11-18(24)12-14-19/h2-14,16,25H,15H2,1H3,(H,26,29)(H,27,28)/p+1/t16-/m0/s1. The van der Waals surface area contributed by atoms with Gasteiger partial charge in [0.05, 0.1) is 11.3 Å². The summed E-state index contributed by atoms with van der Waals surface area (Å²) in [5.74, 6) is -0.468. The lowest BCUT2D eigenvalue weighted by atomic mass is 10.1. The van der Waals surface area contributed by atoms with Crippen LogP contribution in [0.15, 0.2) is 78.9 Å². The molecule has 1 atom stereocenters. The number of para-hydroxylation sites is 1. The fraction of sp³-hybridized carbons (Fsp3) is 0.130. The van der Waals surface area contributed by atoms with Crippen LogP contribution in [0.1, 0.15) is 28.9 Å². The zero-order valence-electron chi connectivity index (χ0n) is 16.1. The number of rotatable bonds is 7. The molecule has 2 amide bonds. The van der Waals surface area contributed by atoms with Gasteiger partial charge in [-0.3, -0.25) is 9.59 Å². The zero-order chi connectivity index (χ0) is 20.6. The monoisotopic (exact) mass is 408 g/mol. The van der Waals surface area contributed by atoms with E-state index in [-0.39, 0.29) is 24.4 Å². The highest BCUT2D eigenvalue weighted by Gasteiger charge is 2.15. The van der Waals surface area contributed by atoms with Crippen LogP contribution in [0, 0.1) is 0 Å². The van der Waals surface area contributed by atoms with E-state index in [4.69, 9.17) is 11.6 Å².